The lowest BCUT2D eigenvalue weighted by Gasteiger charge is -2.20. The molecule has 0 spiro atoms. The lowest BCUT2D eigenvalue weighted by atomic mass is 10.0. The highest BCUT2D eigenvalue weighted by Gasteiger charge is 2.16. The van der Waals surface area contributed by atoms with Gasteiger partial charge in [0, 0.05) is 20.3 Å². The first-order valence-electron chi connectivity index (χ1n) is 7.64. The molecule has 1 aromatic carbocycles. The van der Waals surface area contributed by atoms with Crippen LogP contribution in [0.25, 0.3) is 0 Å². The van der Waals surface area contributed by atoms with Crippen molar-refractivity contribution in [2.45, 2.75) is 38.9 Å². The first-order chi connectivity index (χ1) is 10.2. The molecule has 0 fully saturated rings. The Labute approximate surface area is 128 Å². The van der Waals surface area contributed by atoms with Crippen molar-refractivity contribution in [1.82, 2.24) is 0 Å². The maximum atomic E-state index is 10.3. The zero-order valence-electron chi connectivity index (χ0n) is 13.4. The summed E-state index contributed by atoms with van der Waals surface area (Å²) in [5.41, 5.74) is 2.17. The SMILES string of the molecule is CCc1ccc(C(O)C(C)OCCCOCCOC)cc1. The third-order valence-corrected chi connectivity index (χ3v) is 3.42. The van der Waals surface area contributed by atoms with Crippen molar-refractivity contribution >= 4 is 0 Å². The Morgan fingerprint density at radius 1 is 1.05 bits per heavy atom. The van der Waals surface area contributed by atoms with E-state index >= 15 is 0 Å². The van der Waals surface area contributed by atoms with Crippen molar-refractivity contribution in [2.75, 3.05) is 33.5 Å². The molecule has 2 unspecified atom stereocenters. The minimum absolute atomic E-state index is 0.226. The molecule has 1 rings (SSSR count). The molecule has 0 aliphatic heterocycles. The molecule has 4 nitrogen and oxygen atoms in total. The smallest absolute Gasteiger partial charge is 0.105 e. The highest BCUT2D eigenvalue weighted by Crippen LogP contribution is 2.19. The fourth-order valence-electron chi connectivity index (χ4n) is 1.99. The summed E-state index contributed by atoms with van der Waals surface area (Å²) < 4.78 is 15.9. The lowest BCUT2D eigenvalue weighted by molar-refractivity contribution is -0.0356. The van der Waals surface area contributed by atoms with Gasteiger partial charge in [0.15, 0.2) is 0 Å². The van der Waals surface area contributed by atoms with E-state index in [4.69, 9.17) is 14.2 Å². The number of hydrogen-bond acceptors (Lipinski definition) is 4. The minimum atomic E-state index is -0.592. The molecule has 0 aliphatic rings. The van der Waals surface area contributed by atoms with Gasteiger partial charge in [0.1, 0.15) is 6.10 Å². The third-order valence-electron chi connectivity index (χ3n) is 3.42. The maximum absolute atomic E-state index is 10.3. The molecule has 0 aromatic heterocycles. The van der Waals surface area contributed by atoms with E-state index in [1.165, 1.54) is 5.56 Å². The van der Waals surface area contributed by atoms with Crippen LogP contribution in [0.15, 0.2) is 24.3 Å². The molecule has 0 saturated carbocycles. The van der Waals surface area contributed by atoms with E-state index in [0.29, 0.717) is 26.4 Å². The van der Waals surface area contributed by atoms with E-state index in [2.05, 4.69) is 19.1 Å². The van der Waals surface area contributed by atoms with E-state index in [-0.39, 0.29) is 6.10 Å². The number of aryl methyl sites for hydroxylation is 1. The molecule has 0 saturated heterocycles. The van der Waals surface area contributed by atoms with Crippen molar-refractivity contribution < 1.29 is 19.3 Å². The standard InChI is InChI=1S/C17H28O4/c1-4-15-6-8-16(9-7-15)17(18)14(2)21-11-5-10-20-13-12-19-3/h6-9,14,17-18H,4-5,10-13H2,1-3H3. The second-order valence-electron chi connectivity index (χ2n) is 5.07. The van der Waals surface area contributed by atoms with Gasteiger partial charge < -0.3 is 19.3 Å². The van der Waals surface area contributed by atoms with Gasteiger partial charge in [-0.1, -0.05) is 31.2 Å². The van der Waals surface area contributed by atoms with Crippen LogP contribution in [-0.2, 0) is 20.6 Å². The largest absolute Gasteiger partial charge is 0.386 e. The van der Waals surface area contributed by atoms with Gasteiger partial charge in [-0.25, -0.2) is 0 Å². The van der Waals surface area contributed by atoms with Gasteiger partial charge in [0.2, 0.25) is 0 Å². The Morgan fingerprint density at radius 2 is 1.76 bits per heavy atom. The predicted octanol–water partition coefficient (Wildman–Crippen LogP) is 2.74. The predicted molar refractivity (Wildman–Crippen MR) is 83.5 cm³/mol. The second-order valence-corrected chi connectivity index (χ2v) is 5.07. The van der Waals surface area contributed by atoms with Gasteiger partial charge in [-0.2, -0.15) is 0 Å². The normalized spacial score (nSPS) is 14.1. The number of ether oxygens (including phenoxy) is 3. The zero-order chi connectivity index (χ0) is 15.5. The highest BCUT2D eigenvalue weighted by molar-refractivity contribution is 5.24. The van der Waals surface area contributed by atoms with Crippen LogP contribution in [0.1, 0.15) is 37.5 Å². The first-order valence-corrected chi connectivity index (χ1v) is 7.64. The van der Waals surface area contributed by atoms with Gasteiger partial charge in [-0.15, -0.1) is 0 Å². The molecule has 0 radical (unpaired) electrons. The van der Waals surface area contributed by atoms with Gasteiger partial charge in [0.05, 0.1) is 19.3 Å². The van der Waals surface area contributed by atoms with Gasteiger partial charge >= 0.3 is 0 Å². The molecule has 21 heavy (non-hydrogen) atoms. The van der Waals surface area contributed by atoms with Crippen molar-refractivity contribution in [1.29, 1.82) is 0 Å². The molecule has 4 heteroatoms. The summed E-state index contributed by atoms with van der Waals surface area (Å²) in [4.78, 5) is 0. The summed E-state index contributed by atoms with van der Waals surface area (Å²) in [6.07, 6.45) is 1.00. The molecule has 0 amide bonds. The monoisotopic (exact) mass is 296 g/mol. The average molecular weight is 296 g/mol. The molecule has 1 N–H and O–H groups in total. The fourth-order valence-corrected chi connectivity index (χ4v) is 1.99. The number of hydrogen-bond donors (Lipinski definition) is 1. The van der Waals surface area contributed by atoms with Gasteiger partial charge in [0.25, 0.3) is 0 Å². The Kier molecular flexibility index (Phi) is 9.26. The summed E-state index contributed by atoms with van der Waals surface area (Å²) in [6, 6.07) is 8.04. The molecular weight excluding hydrogens is 268 g/mol. The van der Waals surface area contributed by atoms with Crippen molar-refractivity contribution in [3.8, 4) is 0 Å². The van der Waals surface area contributed by atoms with Crippen LogP contribution in [-0.4, -0.2) is 44.7 Å². The van der Waals surface area contributed by atoms with Crippen LogP contribution in [0.2, 0.25) is 0 Å². The van der Waals surface area contributed by atoms with Crippen molar-refractivity contribution in [3.05, 3.63) is 35.4 Å². The number of aliphatic hydroxyl groups is 1. The van der Waals surface area contributed by atoms with Gasteiger partial charge in [-0.05, 0) is 30.9 Å². The molecule has 0 aliphatic carbocycles. The fraction of sp³-hybridized carbons (Fsp3) is 0.647. The molecule has 2 atom stereocenters. The topological polar surface area (TPSA) is 47.9 Å². The molecule has 0 heterocycles. The first kappa shape index (κ1) is 18.1. The summed E-state index contributed by atoms with van der Waals surface area (Å²) in [5.74, 6) is 0. The maximum Gasteiger partial charge on any atom is 0.105 e. The van der Waals surface area contributed by atoms with Crippen LogP contribution in [0, 0.1) is 0 Å². The third kappa shape index (κ3) is 7.05. The highest BCUT2D eigenvalue weighted by atomic mass is 16.5. The zero-order valence-corrected chi connectivity index (χ0v) is 13.4. The average Bonchev–Trinajstić information content (AvgIpc) is 2.53. The van der Waals surface area contributed by atoms with Crippen LogP contribution in [0.3, 0.4) is 0 Å². The number of benzene rings is 1. The number of methoxy groups -OCH3 is 1. The van der Waals surface area contributed by atoms with E-state index < -0.39 is 6.10 Å². The van der Waals surface area contributed by atoms with Crippen LogP contribution in [0.4, 0.5) is 0 Å². The Morgan fingerprint density at radius 3 is 2.38 bits per heavy atom. The molecule has 120 valence electrons. The van der Waals surface area contributed by atoms with Crippen LogP contribution in [0.5, 0.6) is 0 Å². The van der Waals surface area contributed by atoms with E-state index in [1.807, 2.05) is 19.1 Å². The quantitative estimate of drug-likeness (QED) is 0.638. The number of aliphatic hydroxyl groups excluding tert-OH is 1. The van der Waals surface area contributed by atoms with E-state index in [9.17, 15) is 5.11 Å². The molecule has 1 aromatic rings. The van der Waals surface area contributed by atoms with E-state index in [1.54, 1.807) is 7.11 Å². The summed E-state index contributed by atoms with van der Waals surface area (Å²) in [7, 11) is 1.66. The van der Waals surface area contributed by atoms with Crippen LogP contribution >= 0.6 is 0 Å². The molecular formula is C17H28O4. The van der Waals surface area contributed by atoms with Crippen molar-refractivity contribution in [2.24, 2.45) is 0 Å². The Hall–Kier alpha value is -0.940. The van der Waals surface area contributed by atoms with Crippen molar-refractivity contribution in [3.63, 3.8) is 0 Å². The number of rotatable bonds is 11. The minimum Gasteiger partial charge on any atom is -0.386 e. The summed E-state index contributed by atoms with van der Waals surface area (Å²) in [5, 5.41) is 10.3. The Balaban J connectivity index is 2.22. The van der Waals surface area contributed by atoms with Crippen LogP contribution < -0.4 is 0 Å². The lowest BCUT2D eigenvalue weighted by Crippen LogP contribution is -2.20. The van der Waals surface area contributed by atoms with E-state index in [0.717, 1.165) is 18.4 Å². The second kappa shape index (κ2) is 10.7. The molecule has 0 bridgehead atoms. The summed E-state index contributed by atoms with van der Waals surface area (Å²) in [6.45, 7) is 6.47. The Bertz CT molecular complexity index is 364. The summed E-state index contributed by atoms with van der Waals surface area (Å²) >= 11 is 0. The van der Waals surface area contributed by atoms with Gasteiger partial charge in [-0.3, -0.25) is 0 Å².